The lowest BCUT2D eigenvalue weighted by Crippen LogP contribution is -2.32. The van der Waals surface area contributed by atoms with Crippen molar-refractivity contribution in [1.82, 2.24) is 4.90 Å². The van der Waals surface area contributed by atoms with Crippen LogP contribution in [0.4, 0.5) is 0 Å². The number of likely N-dealkylation sites (tertiary alicyclic amines) is 1. The molecule has 1 aliphatic heterocycles. The molecule has 1 saturated heterocycles. The van der Waals surface area contributed by atoms with Crippen LogP contribution in [-0.4, -0.2) is 35.6 Å². The van der Waals surface area contributed by atoms with Gasteiger partial charge in [-0.1, -0.05) is 53.0 Å². The quantitative estimate of drug-likeness (QED) is 0.696. The van der Waals surface area contributed by atoms with Crippen molar-refractivity contribution in [3.8, 4) is 0 Å². The maximum atomic E-state index is 12.9. The van der Waals surface area contributed by atoms with Gasteiger partial charge in [0.15, 0.2) is 0 Å². The first kappa shape index (κ1) is 20.0. The van der Waals surface area contributed by atoms with Crippen LogP contribution >= 0.6 is 34.8 Å². The highest BCUT2D eigenvalue weighted by atomic mass is 35.5. The van der Waals surface area contributed by atoms with Gasteiger partial charge in [0.05, 0.1) is 6.61 Å². The normalized spacial score (nSPS) is 27.1. The molecule has 148 valence electrons. The number of rotatable bonds is 4. The lowest BCUT2D eigenvalue weighted by atomic mass is 9.63. The Morgan fingerprint density at radius 1 is 0.964 bits per heavy atom. The molecule has 0 aromatic heterocycles. The Morgan fingerprint density at radius 3 is 2.32 bits per heavy atom. The molecule has 3 nitrogen and oxygen atoms in total. The molecule has 0 radical (unpaired) electrons. The maximum absolute atomic E-state index is 12.9. The maximum Gasteiger partial charge on any atom is 0.226 e. The van der Waals surface area contributed by atoms with Crippen molar-refractivity contribution in [3.63, 3.8) is 0 Å². The molecule has 0 spiro atoms. The van der Waals surface area contributed by atoms with Crippen molar-refractivity contribution in [2.24, 2.45) is 11.8 Å². The van der Waals surface area contributed by atoms with E-state index in [1.54, 1.807) is 6.07 Å². The zero-order chi connectivity index (χ0) is 19.8. The molecule has 4 rings (SSSR count). The first-order chi connectivity index (χ1) is 13.5. The molecule has 0 bridgehead atoms. The minimum atomic E-state index is -0.0107. The van der Waals surface area contributed by atoms with Crippen LogP contribution in [0.2, 0.25) is 15.1 Å². The first-order valence-electron chi connectivity index (χ1n) is 9.59. The fraction of sp³-hybridized carbons (Fsp3) is 0.409. The first-order valence-corrected chi connectivity index (χ1v) is 10.7. The molecule has 1 heterocycles. The highest BCUT2D eigenvalue weighted by molar-refractivity contribution is 6.35. The van der Waals surface area contributed by atoms with Crippen LogP contribution < -0.4 is 0 Å². The SMILES string of the molecule is O=C1[C@@H]2CC[C@@H](c3ccc(Cl)cc3Cl)[C@H](c3ccc(Cl)cc3)[C@@H]2CN1CCO. The summed E-state index contributed by atoms with van der Waals surface area (Å²) in [6.45, 7) is 1.05. The molecule has 2 fully saturated rings. The number of carbonyl (C=O) groups is 1. The molecular weight excluding hydrogens is 417 g/mol. The van der Waals surface area contributed by atoms with Gasteiger partial charge in [0.25, 0.3) is 0 Å². The summed E-state index contributed by atoms with van der Waals surface area (Å²) in [5, 5.41) is 11.3. The van der Waals surface area contributed by atoms with Gasteiger partial charge < -0.3 is 10.0 Å². The van der Waals surface area contributed by atoms with Crippen molar-refractivity contribution in [3.05, 3.63) is 68.7 Å². The van der Waals surface area contributed by atoms with Crippen molar-refractivity contribution in [2.45, 2.75) is 24.7 Å². The van der Waals surface area contributed by atoms with Crippen LogP contribution in [-0.2, 0) is 4.79 Å². The van der Waals surface area contributed by atoms with Crippen LogP contribution in [0.15, 0.2) is 42.5 Å². The van der Waals surface area contributed by atoms with Gasteiger partial charge in [-0.3, -0.25) is 4.79 Å². The fourth-order valence-corrected chi connectivity index (χ4v) is 5.74. The monoisotopic (exact) mass is 437 g/mol. The van der Waals surface area contributed by atoms with E-state index in [-0.39, 0.29) is 36.2 Å². The largest absolute Gasteiger partial charge is 0.395 e. The molecule has 2 aromatic carbocycles. The summed E-state index contributed by atoms with van der Waals surface area (Å²) in [6, 6.07) is 13.6. The van der Waals surface area contributed by atoms with Gasteiger partial charge in [-0.15, -0.1) is 0 Å². The zero-order valence-corrected chi connectivity index (χ0v) is 17.6. The molecule has 28 heavy (non-hydrogen) atoms. The van der Waals surface area contributed by atoms with Crippen LogP contribution in [0.1, 0.15) is 35.8 Å². The number of carbonyl (C=O) groups excluding carboxylic acids is 1. The van der Waals surface area contributed by atoms with Crippen molar-refractivity contribution < 1.29 is 9.90 Å². The van der Waals surface area contributed by atoms with Gasteiger partial charge in [-0.05, 0) is 66.0 Å². The summed E-state index contributed by atoms with van der Waals surface area (Å²) in [5.41, 5.74) is 2.26. The number of halogens is 3. The van der Waals surface area contributed by atoms with E-state index in [0.29, 0.717) is 28.2 Å². The predicted octanol–water partition coefficient (Wildman–Crippen LogP) is 5.37. The lowest BCUT2D eigenvalue weighted by Gasteiger charge is -2.40. The number of amides is 1. The van der Waals surface area contributed by atoms with Crippen molar-refractivity contribution >= 4 is 40.7 Å². The third kappa shape index (κ3) is 3.66. The van der Waals surface area contributed by atoms with Crippen LogP contribution in [0.25, 0.3) is 0 Å². The van der Waals surface area contributed by atoms with E-state index in [4.69, 9.17) is 34.8 Å². The van der Waals surface area contributed by atoms with E-state index in [1.807, 2.05) is 29.2 Å². The minimum absolute atomic E-state index is 0.00504. The Balaban J connectivity index is 1.76. The molecule has 6 heteroatoms. The summed E-state index contributed by atoms with van der Waals surface area (Å²) in [5.74, 6) is 0.704. The summed E-state index contributed by atoms with van der Waals surface area (Å²) in [6.07, 6.45) is 1.72. The molecule has 2 aliphatic rings. The molecule has 2 aromatic rings. The number of benzene rings is 2. The van der Waals surface area contributed by atoms with Crippen LogP contribution in [0.5, 0.6) is 0 Å². The van der Waals surface area contributed by atoms with Crippen LogP contribution in [0, 0.1) is 11.8 Å². The van der Waals surface area contributed by atoms with Crippen LogP contribution in [0.3, 0.4) is 0 Å². The topological polar surface area (TPSA) is 40.5 Å². The predicted molar refractivity (Wildman–Crippen MR) is 113 cm³/mol. The number of β-amino-alcohol motifs (C(OH)–C–C–N with tert-alkyl or cyclic N) is 1. The zero-order valence-electron chi connectivity index (χ0n) is 15.3. The number of aliphatic hydroxyl groups excluding tert-OH is 1. The van der Waals surface area contributed by atoms with Gasteiger partial charge >= 0.3 is 0 Å². The second kappa shape index (κ2) is 8.23. The Labute approximate surface area is 180 Å². The number of fused-ring (bicyclic) bond motifs is 1. The number of aliphatic hydroxyl groups is 1. The second-order valence-corrected chi connectivity index (χ2v) is 8.99. The summed E-state index contributed by atoms with van der Waals surface area (Å²) in [7, 11) is 0. The number of hydrogen-bond acceptors (Lipinski definition) is 2. The summed E-state index contributed by atoms with van der Waals surface area (Å²) >= 11 is 18.8. The molecule has 4 atom stereocenters. The van der Waals surface area contributed by atoms with Gasteiger partial charge in [0, 0.05) is 34.1 Å². The minimum Gasteiger partial charge on any atom is -0.395 e. The molecule has 1 N–H and O–H groups in total. The van der Waals surface area contributed by atoms with E-state index in [2.05, 4.69) is 12.1 Å². The average Bonchev–Trinajstić information content (AvgIpc) is 2.98. The molecular formula is C22H22Cl3NO2. The van der Waals surface area contributed by atoms with Crippen molar-refractivity contribution in [2.75, 3.05) is 19.7 Å². The third-order valence-corrected chi connectivity index (χ3v) is 7.06. The highest BCUT2D eigenvalue weighted by Crippen LogP contribution is 2.53. The second-order valence-electron chi connectivity index (χ2n) is 7.71. The van der Waals surface area contributed by atoms with E-state index >= 15 is 0 Å². The van der Waals surface area contributed by atoms with Gasteiger partial charge in [0.2, 0.25) is 5.91 Å². The van der Waals surface area contributed by atoms with E-state index in [0.717, 1.165) is 18.4 Å². The Kier molecular flexibility index (Phi) is 5.89. The third-order valence-electron chi connectivity index (χ3n) is 6.25. The molecule has 1 saturated carbocycles. The standard InChI is InChI=1S/C22H22Cl3NO2/c23-14-3-1-13(2-4-14)21-17(16-6-5-15(24)11-20(16)25)7-8-18-19(21)12-26(9-10-27)22(18)28/h1-6,11,17-19,21,27H,7-10,12H2/t17-,18+,19+,21-/m0/s1. The smallest absolute Gasteiger partial charge is 0.226 e. The number of hydrogen-bond donors (Lipinski definition) is 1. The molecule has 0 unspecified atom stereocenters. The van der Waals surface area contributed by atoms with Crippen molar-refractivity contribution in [1.29, 1.82) is 0 Å². The Hall–Kier alpha value is -1.26. The molecule has 1 amide bonds. The van der Waals surface area contributed by atoms with Gasteiger partial charge in [-0.25, -0.2) is 0 Å². The fourth-order valence-electron chi connectivity index (χ4n) is 5.07. The number of nitrogens with zero attached hydrogens (tertiary/aromatic N) is 1. The average molecular weight is 439 g/mol. The van der Waals surface area contributed by atoms with Gasteiger partial charge in [-0.2, -0.15) is 0 Å². The van der Waals surface area contributed by atoms with E-state index in [9.17, 15) is 9.90 Å². The summed E-state index contributed by atoms with van der Waals surface area (Å²) in [4.78, 5) is 14.7. The summed E-state index contributed by atoms with van der Waals surface area (Å²) < 4.78 is 0. The van der Waals surface area contributed by atoms with Gasteiger partial charge in [0.1, 0.15) is 0 Å². The lowest BCUT2D eigenvalue weighted by molar-refractivity contribution is -0.132. The van der Waals surface area contributed by atoms with E-state index in [1.165, 1.54) is 5.56 Å². The van der Waals surface area contributed by atoms with E-state index < -0.39 is 0 Å². The Morgan fingerprint density at radius 2 is 1.64 bits per heavy atom. The highest BCUT2D eigenvalue weighted by Gasteiger charge is 2.49. The molecule has 1 aliphatic carbocycles. The Bertz CT molecular complexity index is 871.